The predicted molar refractivity (Wildman–Crippen MR) is 107 cm³/mol. The average Bonchev–Trinajstić information content (AvgIpc) is 3.54. The molecular formula is C21H20N4O6. The van der Waals surface area contributed by atoms with Crippen molar-refractivity contribution in [3.8, 4) is 5.88 Å². The van der Waals surface area contributed by atoms with E-state index >= 15 is 0 Å². The second-order valence-electron chi connectivity index (χ2n) is 7.31. The molecule has 2 aliphatic heterocycles. The van der Waals surface area contributed by atoms with E-state index in [-0.39, 0.29) is 18.3 Å². The van der Waals surface area contributed by atoms with Gasteiger partial charge in [-0.2, -0.15) is 0 Å². The normalized spacial score (nSPS) is 22.5. The van der Waals surface area contributed by atoms with Gasteiger partial charge in [0.15, 0.2) is 0 Å². The molecule has 0 spiro atoms. The van der Waals surface area contributed by atoms with Gasteiger partial charge in [-0.15, -0.1) is 0 Å². The molecule has 10 heteroatoms. The molecule has 160 valence electrons. The third-order valence-electron chi connectivity index (χ3n) is 5.61. The molecule has 31 heavy (non-hydrogen) atoms. The Bertz CT molecular complexity index is 1120. The van der Waals surface area contributed by atoms with Crippen LogP contribution >= 0.6 is 0 Å². The zero-order valence-electron chi connectivity index (χ0n) is 16.8. The second-order valence-corrected chi connectivity index (χ2v) is 7.31. The second kappa shape index (κ2) is 7.46. The lowest BCUT2D eigenvalue weighted by Gasteiger charge is -2.25. The van der Waals surface area contributed by atoms with Gasteiger partial charge >= 0.3 is 5.97 Å². The molecule has 1 unspecified atom stereocenters. The van der Waals surface area contributed by atoms with Crippen molar-refractivity contribution in [3.05, 3.63) is 58.9 Å². The monoisotopic (exact) mass is 424 g/mol. The molecule has 5 rings (SSSR count). The van der Waals surface area contributed by atoms with Crippen LogP contribution in [0, 0.1) is 0 Å². The van der Waals surface area contributed by atoms with Crippen molar-refractivity contribution in [1.29, 1.82) is 0 Å². The van der Waals surface area contributed by atoms with Crippen LogP contribution in [0.15, 0.2) is 57.2 Å². The number of carboxylic acids is 1. The summed E-state index contributed by atoms with van der Waals surface area (Å²) in [5.41, 5.74) is 2.26. The number of aromatic nitrogens is 2. The largest absolute Gasteiger partial charge is 0.497 e. The number of carbonyl (C=O) groups is 1. The summed E-state index contributed by atoms with van der Waals surface area (Å²) in [6.07, 6.45) is 5.25. The Morgan fingerprint density at radius 2 is 2.16 bits per heavy atom. The Morgan fingerprint density at radius 3 is 2.94 bits per heavy atom. The van der Waals surface area contributed by atoms with Crippen LogP contribution in [0.2, 0.25) is 0 Å². The van der Waals surface area contributed by atoms with Gasteiger partial charge < -0.3 is 29.2 Å². The summed E-state index contributed by atoms with van der Waals surface area (Å²) < 4.78 is 21.7. The maximum atomic E-state index is 12.0. The third kappa shape index (κ3) is 3.20. The van der Waals surface area contributed by atoms with Crippen LogP contribution in [-0.4, -0.2) is 47.5 Å². The number of pyridine rings is 1. The number of allylic oxidation sites excluding steroid dienone is 3. The minimum Gasteiger partial charge on any atom is -0.497 e. The summed E-state index contributed by atoms with van der Waals surface area (Å²) in [5, 5.41) is 16.8. The number of nitrogens with one attached hydrogen (secondary N) is 1. The minimum atomic E-state index is -1.73. The van der Waals surface area contributed by atoms with Crippen molar-refractivity contribution < 1.29 is 28.6 Å². The Labute approximate surface area is 177 Å². The van der Waals surface area contributed by atoms with E-state index in [1.54, 1.807) is 13.3 Å². The van der Waals surface area contributed by atoms with Crippen molar-refractivity contribution in [1.82, 2.24) is 15.5 Å². The quantitative estimate of drug-likeness (QED) is 0.742. The first-order valence-corrected chi connectivity index (χ1v) is 9.84. The van der Waals surface area contributed by atoms with E-state index in [1.807, 2.05) is 12.1 Å². The number of carboxylic acid groups (broad SMARTS) is 1. The standard InChI is InChI=1S/C21H20N4O6/c1-28-17-10-12(4-7-22-17)13-2-3-15-14(5-8-29-15)18(13)24-20-23-11-21(31-20,19(26)27)16-6-9-30-25-16/h4,6-7,9-10H,2-3,5,8,11H2,1H3,(H,23,24)(H,26,27). The number of ether oxygens (including phenoxy) is 3. The van der Waals surface area contributed by atoms with Crippen LogP contribution in [0.25, 0.3) is 5.57 Å². The van der Waals surface area contributed by atoms with Crippen LogP contribution in [0.4, 0.5) is 0 Å². The molecule has 4 heterocycles. The van der Waals surface area contributed by atoms with Crippen LogP contribution in [0.5, 0.6) is 5.88 Å². The van der Waals surface area contributed by atoms with E-state index in [0.29, 0.717) is 12.5 Å². The SMILES string of the molecule is COc1cc(C2=C(NC3=NCC(C(=O)O)(c4ccon4)O3)C3=C(CC2)OCC3)ccn1. The van der Waals surface area contributed by atoms with Crippen molar-refractivity contribution in [2.45, 2.75) is 24.9 Å². The number of aliphatic carboxylic acids is 1. The maximum Gasteiger partial charge on any atom is 0.356 e. The first-order valence-electron chi connectivity index (χ1n) is 9.84. The molecule has 2 aromatic heterocycles. The van der Waals surface area contributed by atoms with Crippen molar-refractivity contribution in [2.24, 2.45) is 4.99 Å². The number of hydrogen-bond acceptors (Lipinski definition) is 9. The lowest BCUT2D eigenvalue weighted by Crippen LogP contribution is -2.41. The van der Waals surface area contributed by atoms with Crippen LogP contribution in [-0.2, 0) is 19.9 Å². The topological polar surface area (TPSA) is 128 Å². The van der Waals surface area contributed by atoms with Gasteiger partial charge in [-0.3, -0.25) is 0 Å². The first kappa shape index (κ1) is 19.2. The maximum absolute atomic E-state index is 12.0. The van der Waals surface area contributed by atoms with Crippen LogP contribution < -0.4 is 10.1 Å². The summed E-state index contributed by atoms with van der Waals surface area (Å²) >= 11 is 0. The van der Waals surface area contributed by atoms with E-state index < -0.39 is 11.6 Å². The molecule has 0 saturated heterocycles. The van der Waals surface area contributed by atoms with Crippen molar-refractivity contribution in [3.63, 3.8) is 0 Å². The zero-order chi connectivity index (χ0) is 21.4. The first-order chi connectivity index (χ1) is 15.1. The van der Waals surface area contributed by atoms with Gasteiger partial charge in [-0.1, -0.05) is 5.16 Å². The summed E-state index contributed by atoms with van der Waals surface area (Å²) in [5.74, 6) is 0.256. The van der Waals surface area contributed by atoms with Gasteiger partial charge in [-0.25, -0.2) is 14.8 Å². The number of methoxy groups -OCH3 is 1. The summed E-state index contributed by atoms with van der Waals surface area (Å²) in [6, 6.07) is 5.36. The zero-order valence-corrected chi connectivity index (χ0v) is 16.8. The van der Waals surface area contributed by atoms with E-state index in [1.165, 1.54) is 12.3 Å². The Balaban J connectivity index is 1.50. The Hall–Kier alpha value is -3.82. The third-order valence-corrected chi connectivity index (χ3v) is 5.61. The molecular weight excluding hydrogens is 404 g/mol. The number of nitrogens with zero attached hydrogens (tertiary/aromatic N) is 3. The average molecular weight is 424 g/mol. The number of aliphatic imine (C=N–C) groups is 1. The summed E-state index contributed by atoms with van der Waals surface area (Å²) in [4.78, 5) is 20.5. The number of amidine groups is 1. The fourth-order valence-electron chi connectivity index (χ4n) is 4.04. The van der Waals surface area contributed by atoms with Gasteiger partial charge in [0.25, 0.3) is 11.6 Å². The smallest absolute Gasteiger partial charge is 0.356 e. The highest BCUT2D eigenvalue weighted by atomic mass is 16.6. The molecule has 0 fully saturated rings. The van der Waals surface area contributed by atoms with Crippen LogP contribution in [0.1, 0.15) is 30.5 Å². The highest BCUT2D eigenvalue weighted by Gasteiger charge is 2.50. The predicted octanol–water partition coefficient (Wildman–Crippen LogP) is 2.21. The van der Waals surface area contributed by atoms with E-state index in [0.717, 1.165) is 47.4 Å². The summed E-state index contributed by atoms with van der Waals surface area (Å²) in [6.45, 7) is 0.486. The van der Waals surface area contributed by atoms with Gasteiger partial charge in [0.1, 0.15) is 24.3 Å². The van der Waals surface area contributed by atoms with Gasteiger partial charge in [0.2, 0.25) is 5.88 Å². The molecule has 0 saturated carbocycles. The lowest BCUT2D eigenvalue weighted by atomic mass is 9.89. The lowest BCUT2D eigenvalue weighted by molar-refractivity contribution is -0.155. The summed E-state index contributed by atoms with van der Waals surface area (Å²) in [7, 11) is 1.57. The molecule has 0 bridgehead atoms. The van der Waals surface area contributed by atoms with Crippen molar-refractivity contribution >= 4 is 17.6 Å². The molecule has 3 aliphatic rings. The van der Waals surface area contributed by atoms with E-state index in [9.17, 15) is 9.90 Å². The fraction of sp³-hybridized carbons (Fsp3) is 0.333. The van der Waals surface area contributed by atoms with Gasteiger partial charge in [0.05, 0.1) is 19.4 Å². The van der Waals surface area contributed by atoms with E-state index in [2.05, 4.69) is 20.4 Å². The molecule has 0 amide bonds. The van der Waals surface area contributed by atoms with Crippen LogP contribution in [0.3, 0.4) is 0 Å². The molecule has 0 radical (unpaired) electrons. The fourth-order valence-corrected chi connectivity index (χ4v) is 4.04. The molecule has 10 nitrogen and oxygen atoms in total. The molecule has 1 aliphatic carbocycles. The van der Waals surface area contributed by atoms with Crippen molar-refractivity contribution in [2.75, 3.05) is 20.3 Å². The van der Waals surface area contributed by atoms with E-state index in [4.69, 9.17) is 18.7 Å². The molecule has 1 atom stereocenters. The Kier molecular flexibility index (Phi) is 4.61. The van der Waals surface area contributed by atoms with Gasteiger partial charge in [0, 0.05) is 36.7 Å². The number of rotatable bonds is 5. The minimum absolute atomic E-state index is 0.111. The molecule has 2 N–H and O–H groups in total. The Morgan fingerprint density at radius 1 is 1.26 bits per heavy atom. The highest BCUT2D eigenvalue weighted by molar-refractivity contribution is 5.90. The highest BCUT2D eigenvalue weighted by Crippen LogP contribution is 2.40. The number of hydrogen-bond donors (Lipinski definition) is 2. The molecule has 2 aromatic rings. The molecule has 0 aromatic carbocycles. The van der Waals surface area contributed by atoms with Gasteiger partial charge in [-0.05, 0) is 23.6 Å².